The van der Waals surface area contributed by atoms with Crippen LogP contribution in [0.1, 0.15) is 17.0 Å². The minimum absolute atomic E-state index is 0.542. The molecule has 2 rings (SSSR count). The standard InChI is InChI=1S/C13H15N5O/c1-18-9-16-17-13(18)8-15-7-10-3-4-12(19-2)11(5-10)6-14/h3-5,9,15H,7-8H2,1-2H3. The molecule has 0 atom stereocenters. The van der Waals surface area contributed by atoms with E-state index in [1.165, 1.54) is 0 Å². The highest BCUT2D eigenvalue weighted by atomic mass is 16.5. The monoisotopic (exact) mass is 257 g/mol. The van der Waals surface area contributed by atoms with Crippen LogP contribution in [0.3, 0.4) is 0 Å². The highest BCUT2D eigenvalue weighted by Gasteiger charge is 2.04. The summed E-state index contributed by atoms with van der Waals surface area (Å²) in [5, 5.41) is 20.1. The van der Waals surface area contributed by atoms with E-state index < -0.39 is 0 Å². The van der Waals surface area contributed by atoms with Crippen LogP contribution in [0.4, 0.5) is 0 Å². The summed E-state index contributed by atoms with van der Waals surface area (Å²) >= 11 is 0. The van der Waals surface area contributed by atoms with E-state index in [0.717, 1.165) is 11.4 Å². The minimum Gasteiger partial charge on any atom is -0.495 e. The average molecular weight is 257 g/mol. The molecule has 1 heterocycles. The zero-order valence-corrected chi connectivity index (χ0v) is 10.9. The van der Waals surface area contributed by atoms with Crippen molar-refractivity contribution in [3.05, 3.63) is 41.5 Å². The molecule has 6 heteroatoms. The highest BCUT2D eigenvalue weighted by molar-refractivity contribution is 5.45. The molecule has 1 aromatic carbocycles. The molecule has 19 heavy (non-hydrogen) atoms. The molecule has 0 radical (unpaired) electrons. The maximum absolute atomic E-state index is 9.01. The van der Waals surface area contributed by atoms with Crippen LogP contribution < -0.4 is 10.1 Å². The maximum Gasteiger partial charge on any atom is 0.146 e. The third-order valence-corrected chi connectivity index (χ3v) is 2.80. The molecule has 0 saturated carbocycles. The summed E-state index contributed by atoms with van der Waals surface area (Å²) in [6.45, 7) is 1.29. The van der Waals surface area contributed by atoms with E-state index in [1.54, 1.807) is 19.5 Å². The summed E-state index contributed by atoms with van der Waals surface area (Å²) in [4.78, 5) is 0. The van der Waals surface area contributed by atoms with E-state index in [-0.39, 0.29) is 0 Å². The zero-order valence-electron chi connectivity index (χ0n) is 10.9. The van der Waals surface area contributed by atoms with E-state index in [1.807, 2.05) is 23.7 Å². The van der Waals surface area contributed by atoms with Gasteiger partial charge in [-0.15, -0.1) is 10.2 Å². The van der Waals surface area contributed by atoms with Crippen LogP contribution in [-0.4, -0.2) is 21.9 Å². The molecule has 0 fully saturated rings. The third kappa shape index (κ3) is 3.09. The number of aromatic nitrogens is 3. The fourth-order valence-electron chi connectivity index (χ4n) is 1.74. The first-order valence-corrected chi connectivity index (χ1v) is 5.85. The lowest BCUT2D eigenvalue weighted by molar-refractivity contribution is 0.413. The second-order valence-electron chi connectivity index (χ2n) is 4.11. The molecule has 0 aliphatic carbocycles. The van der Waals surface area contributed by atoms with Crippen LogP contribution in [0.15, 0.2) is 24.5 Å². The van der Waals surface area contributed by atoms with Crippen LogP contribution in [0.5, 0.6) is 5.75 Å². The van der Waals surface area contributed by atoms with E-state index in [0.29, 0.717) is 24.4 Å². The lowest BCUT2D eigenvalue weighted by Crippen LogP contribution is -2.15. The predicted octanol–water partition coefficient (Wildman–Crippen LogP) is 0.985. The van der Waals surface area contributed by atoms with E-state index in [4.69, 9.17) is 10.00 Å². The van der Waals surface area contributed by atoms with Crippen LogP contribution in [-0.2, 0) is 20.1 Å². The molecule has 6 nitrogen and oxygen atoms in total. The summed E-state index contributed by atoms with van der Waals surface area (Å²) < 4.78 is 6.97. The normalized spacial score (nSPS) is 10.2. The van der Waals surface area contributed by atoms with Gasteiger partial charge in [-0.1, -0.05) is 6.07 Å². The van der Waals surface area contributed by atoms with Gasteiger partial charge in [-0.25, -0.2) is 0 Å². The minimum atomic E-state index is 0.542. The molecule has 0 unspecified atom stereocenters. The Balaban J connectivity index is 1.97. The Kier molecular flexibility index (Phi) is 4.11. The van der Waals surface area contributed by atoms with E-state index in [9.17, 15) is 0 Å². The Labute approximate surface area is 111 Å². The van der Waals surface area contributed by atoms with Crippen molar-refractivity contribution in [3.8, 4) is 11.8 Å². The van der Waals surface area contributed by atoms with Gasteiger partial charge in [-0.2, -0.15) is 5.26 Å². The van der Waals surface area contributed by atoms with Crippen molar-refractivity contribution in [1.82, 2.24) is 20.1 Å². The zero-order chi connectivity index (χ0) is 13.7. The fourth-order valence-corrected chi connectivity index (χ4v) is 1.74. The van der Waals surface area contributed by atoms with Gasteiger partial charge in [0.05, 0.1) is 19.2 Å². The van der Waals surface area contributed by atoms with Gasteiger partial charge in [0.15, 0.2) is 0 Å². The topological polar surface area (TPSA) is 75.8 Å². The van der Waals surface area contributed by atoms with Gasteiger partial charge < -0.3 is 14.6 Å². The van der Waals surface area contributed by atoms with Gasteiger partial charge in [0.2, 0.25) is 0 Å². The van der Waals surface area contributed by atoms with Gasteiger partial charge in [0.1, 0.15) is 24.0 Å². The quantitative estimate of drug-likeness (QED) is 0.864. The second-order valence-corrected chi connectivity index (χ2v) is 4.11. The lowest BCUT2D eigenvalue weighted by Gasteiger charge is -2.07. The number of ether oxygens (including phenoxy) is 1. The molecular formula is C13H15N5O. The van der Waals surface area contributed by atoms with Crippen LogP contribution in [0, 0.1) is 11.3 Å². The van der Waals surface area contributed by atoms with Crippen molar-refractivity contribution in [1.29, 1.82) is 5.26 Å². The lowest BCUT2D eigenvalue weighted by atomic mass is 10.1. The third-order valence-electron chi connectivity index (χ3n) is 2.80. The molecule has 98 valence electrons. The Bertz CT molecular complexity index is 599. The number of nitriles is 1. The summed E-state index contributed by atoms with van der Waals surface area (Å²) in [5.41, 5.74) is 1.57. The number of nitrogens with zero attached hydrogens (tertiary/aromatic N) is 4. The molecule has 0 aliphatic rings. The first-order chi connectivity index (χ1) is 9.24. The van der Waals surface area contributed by atoms with Gasteiger partial charge in [-0.3, -0.25) is 0 Å². The van der Waals surface area contributed by atoms with Crippen molar-refractivity contribution in [2.75, 3.05) is 7.11 Å². The van der Waals surface area contributed by atoms with Crippen molar-refractivity contribution in [2.45, 2.75) is 13.1 Å². The van der Waals surface area contributed by atoms with Gasteiger partial charge >= 0.3 is 0 Å². The number of nitrogens with one attached hydrogen (secondary N) is 1. The number of hydrogen-bond donors (Lipinski definition) is 1. The summed E-state index contributed by atoms with van der Waals surface area (Å²) in [7, 11) is 3.46. The SMILES string of the molecule is COc1ccc(CNCc2nncn2C)cc1C#N. The number of methoxy groups -OCH3 is 1. The largest absolute Gasteiger partial charge is 0.495 e. The number of rotatable bonds is 5. The molecule has 1 N–H and O–H groups in total. The summed E-state index contributed by atoms with van der Waals surface area (Å²) in [5.74, 6) is 1.47. The van der Waals surface area contributed by atoms with Crippen molar-refractivity contribution < 1.29 is 4.74 Å². The van der Waals surface area contributed by atoms with Gasteiger partial charge in [0, 0.05) is 13.6 Å². The first kappa shape index (κ1) is 13.1. The van der Waals surface area contributed by atoms with Crippen LogP contribution in [0.25, 0.3) is 0 Å². The maximum atomic E-state index is 9.01. The Morgan fingerprint density at radius 3 is 2.89 bits per heavy atom. The Morgan fingerprint density at radius 1 is 1.42 bits per heavy atom. The highest BCUT2D eigenvalue weighted by Crippen LogP contribution is 2.18. The average Bonchev–Trinajstić information content (AvgIpc) is 2.84. The Morgan fingerprint density at radius 2 is 2.26 bits per heavy atom. The molecule has 0 saturated heterocycles. The first-order valence-electron chi connectivity index (χ1n) is 5.85. The van der Waals surface area contributed by atoms with Crippen molar-refractivity contribution in [2.24, 2.45) is 7.05 Å². The van der Waals surface area contributed by atoms with Crippen molar-refractivity contribution in [3.63, 3.8) is 0 Å². The number of aryl methyl sites for hydroxylation is 1. The fraction of sp³-hybridized carbons (Fsp3) is 0.308. The molecule has 0 aliphatic heterocycles. The number of benzene rings is 1. The molecule has 0 spiro atoms. The Hall–Kier alpha value is -2.39. The van der Waals surface area contributed by atoms with Gasteiger partial charge in [0.25, 0.3) is 0 Å². The van der Waals surface area contributed by atoms with Crippen LogP contribution in [0.2, 0.25) is 0 Å². The molecule has 2 aromatic rings. The predicted molar refractivity (Wildman–Crippen MR) is 69.3 cm³/mol. The molecule has 1 aromatic heterocycles. The van der Waals surface area contributed by atoms with Crippen LogP contribution >= 0.6 is 0 Å². The molecule has 0 bridgehead atoms. The second kappa shape index (κ2) is 5.98. The number of hydrogen-bond acceptors (Lipinski definition) is 5. The summed E-state index contributed by atoms with van der Waals surface area (Å²) in [6, 6.07) is 7.68. The van der Waals surface area contributed by atoms with Gasteiger partial charge in [-0.05, 0) is 17.7 Å². The van der Waals surface area contributed by atoms with Crippen molar-refractivity contribution >= 4 is 0 Å². The molecular weight excluding hydrogens is 242 g/mol. The molecule has 0 amide bonds. The van der Waals surface area contributed by atoms with E-state index in [2.05, 4.69) is 21.6 Å². The summed E-state index contributed by atoms with van der Waals surface area (Å²) in [6.07, 6.45) is 1.66. The van der Waals surface area contributed by atoms with E-state index >= 15 is 0 Å². The smallest absolute Gasteiger partial charge is 0.146 e.